The van der Waals surface area contributed by atoms with Crippen molar-refractivity contribution in [3.8, 4) is 45.3 Å². The Bertz CT molecular complexity index is 3700. The van der Waals surface area contributed by atoms with Gasteiger partial charge in [-0.25, -0.2) is 4.98 Å². The summed E-state index contributed by atoms with van der Waals surface area (Å²) in [7, 11) is 0. The van der Waals surface area contributed by atoms with Crippen LogP contribution in [0.2, 0.25) is 0 Å². The molecule has 10 aromatic rings. The average molecular weight is 879 g/mol. The molecule has 330 valence electrons. The zero-order valence-corrected chi connectivity index (χ0v) is 38.7. The van der Waals surface area contributed by atoms with E-state index < -0.39 is 6.85 Å². The van der Waals surface area contributed by atoms with Crippen molar-refractivity contribution < 1.29 is 11.6 Å². The van der Waals surface area contributed by atoms with Crippen molar-refractivity contribution in [3.05, 3.63) is 211 Å². The predicted octanol–water partition coefficient (Wildman–Crippen LogP) is 15.9. The van der Waals surface area contributed by atoms with Gasteiger partial charge in [-0.15, -0.1) is 0 Å². The van der Waals surface area contributed by atoms with Gasteiger partial charge in [0.05, 0.1) is 31.5 Å². The summed E-state index contributed by atoms with van der Waals surface area (Å²) in [5.74, 6) is 1.19. The van der Waals surface area contributed by atoms with Crippen molar-refractivity contribution >= 4 is 44.2 Å². The molecule has 0 amide bonds. The highest BCUT2D eigenvalue weighted by atomic mass is 16.5. The van der Waals surface area contributed by atoms with Gasteiger partial charge in [0, 0.05) is 68.2 Å². The molecular formula is C61H55N5O. The number of hydrogen-bond acceptors (Lipinski definition) is 4. The van der Waals surface area contributed by atoms with E-state index in [0.29, 0.717) is 29.2 Å². The lowest BCUT2D eigenvalue weighted by atomic mass is 9.80. The van der Waals surface area contributed by atoms with Gasteiger partial charge in [0.2, 0.25) is 0 Å². The fourth-order valence-corrected chi connectivity index (χ4v) is 9.27. The molecule has 0 saturated carbocycles. The van der Waals surface area contributed by atoms with Gasteiger partial charge in [0.15, 0.2) is 0 Å². The molecule has 0 unspecified atom stereocenters. The Morgan fingerprint density at radius 3 is 1.79 bits per heavy atom. The first kappa shape index (κ1) is 36.4. The first-order chi connectivity index (χ1) is 34.4. The van der Waals surface area contributed by atoms with Gasteiger partial charge >= 0.3 is 0 Å². The van der Waals surface area contributed by atoms with Gasteiger partial charge < -0.3 is 19.1 Å². The van der Waals surface area contributed by atoms with E-state index in [1.807, 2.05) is 83.4 Å². The normalized spacial score (nSPS) is 14.4. The maximum atomic E-state index is 9.80. The second-order valence-electron chi connectivity index (χ2n) is 19.5. The van der Waals surface area contributed by atoms with Crippen molar-refractivity contribution in [1.82, 2.24) is 14.1 Å². The highest BCUT2D eigenvalue weighted by Crippen LogP contribution is 2.43. The van der Waals surface area contributed by atoms with Gasteiger partial charge in [-0.3, -0.25) is 4.57 Å². The van der Waals surface area contributed by atoms with Crippen LogP contribution in [0.1, 0.15) is 65.1 Å². The average Bonchev–Trinajstić information content (AvgIpc) is 4.07. The fourth-order valence-electron chi connectivity index (χ4n) is 9.27. The van der Waals surface area contributed by atoms with E-state index in [1.54, 1.807) is 24.3 Å². The summed E-state index contributed by atoms with van der Waals surface area (Å²) in [6.45, 7) is 11.4. The van der Waals surface area contributed by atoms with E-state index in [9.17, 15) is 2.74 Å². The number of fused-ring (bicyclic) bond motifs is 5. The molecule has 67 heavy (non-hydrogen) atoms. The van der Waals surface area contributed by atoms with E-state index in [2.05, 4.69) is 135 Å². The molecule has 0 spiro atoms. The molecule has 0 saturated heterocycles. The molecule has 7 aromatic carbocycles. The van der Waals surface area contributed by atoms with Crippen LogP contribution in [0, 0.1) is 6.85 Å². The topological polar surface area (TPSA) is 38.5 Å². The number of aromatic nitrogens is 3. The SMILES string of the molecule is [2H]c1nc(-n2c3cc(Oc4cc(-c5ccccc5)cc(N5C=CN(c6cc(C(C)(C)C)cc(C(C)(C)C)c6)C5)c4)ccc3c3c2c2ccccc2n3-c2ccccc2)c([2H])c(C([2H])([2H])[2H])c1-c1ccccc1. The molecule has 0 bridgehead atoms. The largest absolute Gasteiger partial charge is 0.457 e. The Kier molecular flexibility index (Phi) is 8.83. The van der Waals surface area contributed by atoms with Gasteiger partial charge in [-0.2, -0.15) is 0 Å². The summed E-state index contributed by atoms with van der Waals surface area (Å²) in [5.41, 5.74) is 11.1. The quantitative estimate of drug-likeness (QED) is 0.152. The Labute approximate surface area is 400 Å². The van der Waals surface area contributed by atoms with E-state index >= 15 is 0 Å². The zero-order valence-electron chi connectivity index (χ0n) is 43.7. The molecule has 1 aliphatic heterocycles. The lowest BCUT2D eigenvalue weighted by molar-refractivity contribution is 0.483. The summed E-state index contributed by atoms with van der Waals surface area (Å²) in [4.78, 5) is 9.38. The van der Waals surface area contributed by atoms with Crippen LogP contribution in [0.4, 0.5) is 11.4 Å². The first-order valence-electron chi connectivity index (χ1n) is 25.4. The minimum atomic E-state index is -2.74. The smallest absolute Gasteiger partial charge is 0.137 e. The molecule has 6 heteroatoms. The third-order valence-corrected chi connectivity index (χ3v) is 12.9. The van der Waals surface area contributed by atoms with Crippen LogP contribution in [-0.4, -0.2) is 20.8 Å². The van der Waals surface area contributed by atoms with Gasteiger partial charge in [-0.05, 0) is 112 Å². The summed E-state index contributed by atoms with van der Waals surface area (Å²) in [5, 5.41) is 1.71. The Morgan fingerprint density at radius 2 is 1.12 bits per heavy atom. The number of para-hydroxylation sites is 2. The van der Waals surface area contributed by atoms with Gasteiger partial charge in [0.25, 0.3) is 0 Å². The third kappa shape index (κ3) is 7.72. The second-order valence-corrected chi connectivity index (χ2v) is 19.5. The molecule has 0 N–H and O–H groups in total. The lowest BCUT2D eigenvalue weighted by Crippen LogP contribution is -2.26. The van der Waals surface area contributed by atoms with Crippen LogP contribution in [0.15, 0.2) is 194 Å². The molecule has 11 rings (SSSR count). The van der Waals surface area contributed by atoms with Crippen LogP contribution in [0.3, 0.4) is 0 Å². The Hall–Kier alpha value is -7.83. The van der Waals surface area contributed by atoms with Crippen molar-refractivity contribution in [3.63, 3.8) is 0 Å². The van der Waals surface area contributed by atoms with Crippen molar-refractivity contribution in [2.75, 3.05) is 16.5 Å². The number of hydrogen-bond donors (Lipinski definition) is 0. The van der Waals surface area contributed by atoms with Crippen molar-refractivity contribution in [1.29, 1.82) is 0 Å². The lowest BCUT2D eigenvalue weighted by Gasteiger charge is -2.29. The maximum Gasteiger partial charge on any atom is 0.137 e. The highest BCUT2D eigenvalue weighted by Gasteiger charge is 2.26. The van der Waals surface area contributed by atoms with Crippen LogP contribution in [-0.2, 0) is 10.8 Å². The minimum Gasteiger partial charge on any atom is -0.457 e. The molecule has 6 nitrogen and oxygen atoms in total. The monoisotopic (exact) mass is 878 g/mol. The molecule has 0 fully saturated rings. The van der Waals surface area contributed by atoms with Crippen LogP contribution >= 0.6 is 0 Å². The maximum absolute atomic E-state index is 9.80. The summed E-state index contributed by atoms with van der Waals surface area (Å²) in [6, 6.07) is 56.3. The van der Waals surface area contributed by atoms with E-state index in [1.165, 1.54) is 11.1 Å². The number of anilines is 2. The minimum absolute atomic E-state index is 0.0236. The van der Waals surface area contributed by atoms with Crippen molar-refractivity contribution in [2.24, 2.45) is 0 Å². The molecule has 4 heterocycles. The highest BCUT2D eigenvalue weighted by molar-refractivity contribution is 6.20. The Balaban J connectivity index is 1.08. The predicted molar refractivity (Wildman–Crippen MR) is 280 cm³/mol. The van der Waals surface area contributed by atoms with Crippen LogP contribution in [0.25, 0.3) is 66.6 Å². The van der Waals surface area contributed by atoms with E-state index in [-0.39, 0.29) is 40.0 Å². The zero-order chi connectivity index (χ0) is 50.3. The van der Waals surface area contributed by atoms with Crippen LogP contribution < -0.4 is 14.5 Å². The summed E-state index contributed by atoms with van der Waals surface area (Å²) in [6.07, 6.45) is 4.03. The molecule has 0 atom stereocenters. The molecule has 1 aliphatic rings. The standard InChI is InChI=1S/C61H55N5O/c1-41-31-57(62-39-54(41)43-21-13-9-14-22-43)66-56-38-50(27-28-53(56)58-59(66)52-25-17-18-26-55(52)65(58)47-23-15-10-16-24-47)67-51-33-44(42-19-11-8-12-20-42)32-48(37-51)63-29-30-64(40-63)49-35-45(60(2,3)4)34-46(36-49)61(5,6)7/h8-39H,40H2,1-7H3/i1D3,31D,39D. The molecule has 0 radical (unpaired) electrons. The number of rotatable bonds is 8. The molecule has 0 aliphatic carbocycles. The number of pyridine rings is 1. The first-order valence-corrected chi connectivity index (χ1v) is 22.9. The second kappa shape index (κ2) is 16.2. The fraction of sp³-hybridized carbons (Fsp3) is 0.164. The number of nitrogens with zero attached hydrogens (tertiary/aromatic N) is 5. The Morgan fingerprint density at radius 1 is 0.522 bits per heavy atom. The van der Waals surface area contributed by atoms with Crippen molar-refractivity contribution in [2.45, 2.75) is 59.2 Å². The van der Waals surface area contributed by atoms with Crippen LogP contribution in [0.5, 0.6) is 11.5 Å². The third-order valence-electron chi connectivity index (χ3n) is 12.9. The summed E-state index contributed by atoms with van der Waals surface area (Å²) < 4.78 is 56.6. The number of benzene rings is 7. The number of ether oxygens (including phenoxy) is 1. The van der Waals surface area contributed by atoms with Gasteiger partial charge in [0.1, 0.15) is 17.3 Å². The molecular weight excluding hydrogens is 819 g/mol. The summed E-state index contributed by atoms with van der Waals surface area (Å²) >= 11 is 0. The van der Waals surface area contributed by atoms with E-state index in [4.69, 9.17) is 13.8 Å². The molecule has 3 aromatic heterocycles. The van der Waals surface area contributed by atoms with E-state index in [0.717, 1.165) is 55.5 Å². The van der Waals surface area contributed by atoms with Gasteiger partial charge in [-0.1, -0.05) is 145 Å².